The summed E-state index contributed by atoms with van der Waals surface area (Å²) in [5.41, 5.74) is 1.84. The van der Waals surface area contributed by atoms with Crippen LogP contribution in [0.3, 0.4) is 0 Å². The summed E-state index contributed by atoms with van der Waals surface area (Å²) in [6, 6.07) is 10.9. The van der Waals surface area contributed by atoms with E-state index in [0.717, 1.165) is 12.1 Å². The zero-order valence-corrected chi connectivity index (χ0v) is 17.9. The van der Waals surface area contributed by atoms with Crippen molar-refractivity contribution in [2.45, 2.75) is 12.6 Å². The van der Waals surface area contributed by atoms with Gasteiger partial charge < -0.3 is 15.5 Å². The van der Waals surface area contributed by atoms with E-state index in [2.05, 4.69) is 26.9 Å². The van der Waals surface area contributed by atoms with Crippen LogP contribution in [0.25, 0.3) is 0 Å². The van der Waals surface area contributed by atoms with Crippen LogP contribution in [0, 0.1) is 5.82 Å². The minimum absolute atomic E-state index is 0.0303. The number of nitrogens with zero attached hydrogens (tertiary/aromatic N) is 1. The number of amides is 1. The molecule has 2 rings (SSSR count). The summed E-state index contributed by atoms with van der Waals surface area (Å²) in [5.74, 6) is 2.80. The average molecular weight is 479 g/mol. The maximum Gasteiger partial charge on any atom is 0.415 e. The second-order valence-electron chi connectivity index (χ2n) is 6.69. The maximum absolute atomic E-state index is 13.1. The minimum atomic E-state index is -4.72. The fourth-order valence-electron chi connectivity index (χ4n) is 2.42. The number of carbonyl (C=O) groups excluding carboxylic acids is 2. The van der Waals surface area contributed by atoms with Crippen LogP contribution in [0.2, 0.25) is 0 Å². The number of rotatable bonds is 7. The molecule has 180 valence electrons. The third-order valence-electron chi connectivity index (χ3n) is 4.19. The Bertz CT molecular complexity index is 1100. The van der Waals surface area contributed by atoms with Crippen LogP contribution in [-0.4, -0.2) is 31.1 Å². The van der Waals surface area contributed by atoms with Gasteiger partial charge in [0.1, 0.15) is 11.6 Å². The Morgan fingerprint density at radius 3 is 2.26 bits per heavy atom. The molecule has 0 bridgehead atoms. The highest BCUT2D eigenvalue weighted by molar-refractivity contribution is 6.10. The first-order valence-corrected chi connectivity index (χ1v) is 9.54. The lowest BCUT2D eigenvalue weighted by Gasteiger charge is -2.14. The van der Waals surface area contributed by atoms with Gasteiger partial charge in [-0.05, 0) is 48.0 Å². The van der Waals surface area contributed by atoms with Gasteiger partial charge in [0.2, 0.25) is 5.96 Å². The fourth-order valence-corrected chi connectivity index (χ4v) is 2.42. The van der Waals surface area contributed by atoms with Crippen LogP contribution >= 0.6 is 0 Å². The Morgan fingerprint density at radius 2 is 1.74 bits per heavy atom. The van der Waals surface area contributed by atoms with Gasteiger partial charge in [0, 0.05) is 11.3 Å². The number of methoxy groups -OCH3 is 1. The van der Waals surface area contributed by atoms with Crippen molar-refractivity contribution in [3.8, 4) is 0 Å². The molecule has 0 fully saturated rings. The third kappa shape index (κ3) is 8.06. The number of nitrogens with two attached hydrogens (primary N) is 1. The molecule has 0 aromatic heterocycles. The number of ether oxygens (including phenoxy) is 1. The number of allylic oxidation sites excluding steroid dienone is 2. The molecule has 5 N–H and O–H groups in total. The molecular formula is C22H21F4N5O3. The van der Waals surface area contributed by atoms with Gasteiger partial charge in [-0.1, -0.05) is 18.7 Å². The highest BCUT2D eigenvalue weighted by Crippen LogP contribution is 2.25. The number of guanidine groups is 1. The molecule has 0 aliphatic heterocycles. The smallest absolute Gasteiger partial charge is 0.415 e. The van der Waals surface area contributed by atoms with Gasteiger partial charge in [-0.25, -0.2) is 10.2 Å². The molecule has 0 heterocycles. The summed E-state index contributed by atoms with van der Waals surface area (Å²) in [6.45, 7) is 2.91. The van der Waals surface area contributed by atoms with Crippen LogP contribution < -0.4 is 21.9 Å². The molecule has 0 unspecified atom stereocenters. The number of carbonyl (C=O) groups is 2. The number of esters is 1. The van der Waals surface area contributed by atoms with Crippen molar-refractivity contribution in [2.24, 2.45) is 10.8 Å². The van der Waals surface area contributed by atoms with Crippen LogP contribution in [-0.2, 0) is 16.0 Å². The number of alkyl halides is 3. The van der Waals surface area contributed by atoms with E-state index in [9.17, 15) is 27.2 Å². The molecule has 12 heteroatoms. The van der Waals surface area contributed by atoms with Crippen molar-refractivity contribution in [3.05, 3.63) is 89.5 Å². The van der Waals surface area contributed by atoms with Crippen molar-refractivity contribution >= 4 is 23.5 Å². The van der Waals surface area contributed by atoms with Crippen LogP contribution in [0.4, 0.5) is 23.2 Å². The summed E-state index contributed by atoms with van der Waals surface area (Å²) in [4.78, 5) is 27.8. The Kier molecular flexibility index (Phi) is 8.90. The number of nitrogens with one attached hydrogen (secondary N) is 3. The standard InChI is InChI=1S/C22H21F4N5O3/c1-13(22(24,25)26)11-18(31-27)29-21(30-20(33)15-5-7-16(23)8-6-15)28-17-9-3-14(4-10-17)12-19(32)34-2/h3-11,31H,1,12,27H2,2H3,(H2,28,29,30,33)/b18-11-. The Balaban J connectivity index is 2.34. The Labute approximate surface area is 192 Å². The zero-order chi connectivity index (χ0) is 25.3. The summed E-state index contributed by atoms with van der Waals surface area (Å²) in [5, 5.41) is 5.13. The molecule has 1 amide bonds. The Morgan fingerprint density at radius 1 is 1.12 bits per heavy atom. The van der Waals surface area contributed by atoms with Gasteiger partial charge in [0.05, 0.1) is 19.1 Å². The van der Waals surface area contributed by atoms with Crippen molar-refractivity contribution in [1.29, 1.82) is 0 Å². The predicted octanol–water partition coefficient (Wildman–Crippen LogP) is 3.16. The molecule has 0 aliphatic rings. The van der Waals surface area contributed by atoms with E-state index >= 15 is 0 Å². The van der Waals surface area contributed by atoms with E-state index in [1.807, 2.05) is 5.43 Å². The van der Waals surface area contributed by atoms with Crippen LogP contribution in [0.15, 0.2) is 77.6 Å². The van der Waals surface area contributed by atoms with E-state index < -0.39 is 35.3 Å². The lowest BCUT2D eigenvalue weighted by atomic mass is 10.1. The van der Waals surface area contributed by atoms with E-state index in [-0.39, 0.29) is 17.9 Å². The topological polar surface area (TPSA) is 118 Å². The van der Waals surface area contributed by atoms with Crippen molar-refractivity contribution in [3.63, 3.8) is 0 Å². The molecule has 0 saturated carbocycles. The Hall–Kier alpha value is -4.19. The molecule has 0 spiro atoms. The molecule has 0 atom stereocenters. The second kappa shape index (κ2) is 11.6. The van der Waals surface area contributed by atoms with E-state index in [1.165, 1.54) is 19.2 Å². The van der Waals surface area contributed by atoms with Gasteiger partial charge >= 0.3 is 12.1 Å². The van der Waals surface area contributed by atoms with E-state index in [0.29, 0.717) is 17.3 Å². The summed E-state index contributed by atoms with van der Waals surface area (Å²) >= 11 is 0. The lowest BCUT2D eigenvalue weighted by Crippen LogP contribution is -2.37. The number of hydrogen-bond donors (Lipinski definition) is 4. The molecule has 0 aliphatic carbocycles. The summed E-state index contributed by atoms with van der Waals surface area (Å²) in [7, 11) is 1.26. The molecular weight excluding hydrogens is 458 g/mol. The van der Waals surface area contributed by atoms with Crippen LogP contribution in [0.5, 0.6) is 0 Å². The first-order chi connectivity index (χ1) is 16.0. The number of hydrogen-bond acceptors (Lipinski definition) is 6. The van der Waals surface area contributed by atoms with Crippen molar-refractivity contribution in [2.75, 3.05) is 12.4 Å². The van der Waals surface area contributed by atoms with Crippen molar-refractivity contribution < 1.29 is 31.9 Å². The number of halogens is 4. The highest BCUT2D eigenvalue weighted by atomic mass is 19.4. The van der Waals surface area contributed by atoms with Gasteiger partial charge in [-0.15, -0.1) is 0 Å². The summed E-state index contributed by atoms with van der Waals surface area (Å²) in [6.07, 6.45) is -4.15. The normalized spacial score (nSPS) is 12.1. The number of anilines is 1. The molecule has 0 radical (unpaired) electrons. The fraction of sp³-hybridized carbons (Fsp3) is 0.136. The molecule has 2 aromatic carbocycles. The largest absolute Gasteiger partial charge is 0.469 e. The minimum Gasteiger partial charge on any atom is -0.469 e. The molecule has 0 saturated heterocycles. The first-order valence-electron chi connectivity index (χ1n) is 9.54. The molecule has 2 aromatic rings. The predicted molar refractivity (Wildman–Crippen MR) is 118 cm³/mol. The number of benzene rings is 2. The van der Waals surface area contributed by atoms with E-state index in [4.69, 9.17) is 5.84 Å². The molecule has 34 heavy (non-hydrogen) atoms. The third-order valence-corrected chi connectivity index (χ3v) is 4.19. The van der Waals surface area contributed by atoms with Crippen LogP contribution in [0.1, 0.15) is 15.9 Å². The maximum atomic E-state index is 13.1. The lowest BCUT2D eigenvalue weighted by molar-refractivity contribution is -0.139. The SMILES string of the molecule is C=C(/C=C(/N=C(NC(=O)c1ccc(F)cc1)Nc1ccc(CC(=O)OC)cc1)NN)C(F)(F)F. The summed E-state index contributed by atoms with van der Waals surface area (Å²) < 4.78 is 56.3. The quantitative estimate of drug-likeness (QED) is 0.0922. The van der Waals surface area contributed by atoms with Gasteiger partial charge in [0.25, 0.3) is 5.91 Å². The number of hydrazine groups is 1. The average Bonchev–Trinajstić information content (AvgIpc) is 2.79. The van der Waals surface area contributed by atoms with Crippen molar-refractivity contribution in [1.82, 2.24) is 10.7 Å². The second-order valence-corrected chi connectivity index (χ2v) is 6.69. The molecule has 8 nitrogen and oxygen atoms in total. The van der Waals surface area contributed by atoms with Gasteiger partial charge in [0.15, 0.2) is 0 Å². The van der Waals surface area contributed by atoms with Gasteiger partial charge in [-0.3, -0.25) is 14.9 Å². The van der Waals surface area contributed by atoms with E-state index in [1.54, 1.807) is 24.3 Å². The monoisotopic (exact) mass is 479 g/mol. The number of aliphatic imine (C=N–C) groups is 1. The first kappa shape index (κ1) is 26.1. The highest BCUT2D eigenvalue weighted by Gasteiger charge is 2.30. The van der Waals surface area contributed by atoms with Gasteiger partial charge in [-0.2, -0.15) is 18.2 Å². The zero-order valence-electron chi connectivity index (χ0n) is 17.9.